The Morgan fingerprint density at radius 2 is 2.22 bits per heavy atom. The predicted molar refractivity (Wildman–Crippen MR) is 77.1 cm³/mol. The second-order valence-electron chi connectivity index (χ2n) is 5.26. The summed E-state index contributed by atoms with van der Waals surface area (Å²) in [6, 6.07) is 5.36. The van der Waals surface area contributed by atoms with Gasteiger partial charge in [0.25, 0.3) is 5.91 Å². The molecule has 0 spiro atoms. The third-order valence-corrected chi connectivity index (χ3v) is 4.69. The van der Waals surface area contributed by atoms with Crippen molar-refractivity contribution >= 4 is 34.5 Å². The van der Waals surface area contributed by atoms with E-state index < -0.39 is 0 Å². The van der Waals surface area contributed by atoms with E-state index >= 15 is 0 Å². The number of nitrogens with one attached hydrogen (secondary N) is 1. The predicted octanol–water partition coefficient (Wildman–Crippen LogP) is 2.63. The molecule has 0 aliphatic heterocycles. The summed E-state index contributed by atoms with van der Waals surface area (Å²) in [6.07, 6.45) is 0.263. The molecule has 2 N–H and O–H groups in total. The van der Waals surface area contributed by atoms with Crippen LogP contribution in [-0.2, 0) is 0 Å². The number of halogens is 1. The number of aliphatic hydroxyl groups excluding tert-OH is 1. The zero-order valence-electron chi connectivity index (χ0n) is 10.3. The van der Waals surface area contributed by atoms with Gasteiger partial charge in [0.05, 0.1) is 11.7 Å². The summed E-state index contributed by atoms with van der Waals surface area (Å²) in [5.74, 6) is -0.136. The summed E-state index contributed by atoms with van der Waals surface area (Å²) < 4.78 is 0.746. The fourth-order valence-corrected chi connectivity index (χ4v) is 2.70. The van der Waals surface area contributed by atoms with Gasteiger partial charge in [0.2, 0.25) is 0 Å². The van der Waals surface area contributed by atoms with Crippen LogP contribution in [0.25, 0.3) is 0 Å². The van der Waals surface area contributed by atoms with Crippen LogP contribution in [-0.4, -0.2) is 23.2 Å². The van der Waals surface area contributed by atoms with Gasteiger partial charge in [-0.15, -0.1) is 12.6 Å². The molecule has 2 unspecified atom stereocenters. The Balaban J connectivity index is 2.12. The second kappa shape index (κ2) is 4.87. The average molecular weight is 330 g/mol. The van der Waals surface area contributed by atoms with Gasteiger partial charge in [-0.05, 0) is 40.5 Å². The maximum Gasteiger partial charge on any atom is 0.252 e. The maximum absolute atomic E-state index is 12.2. The van der Waals surface area contributed by atoms with Crippen molar-refractivity contribution in [2.24, 2.45) is 5.41 Å². The van der Waals surface area contributed by atoms with Gasteiger partial charge in [0.15, 0.2) is 0 Å². The number of thiol groups is 1. The molecule has 3 nitrogen and oxygen atoms in total. The van der Waals surface area contributed by atoms with Gasteiger partial charge in [-0.25, -0.2) is 0 Å². The van der Waals surface area contributed by atoms with Gasteiger partial charge in [-0.1, -0.05) is 13.8 Å². The highest BCUT2D eigenvalue weighted by molar-refractivity contribution is 9.10. The second-order valence-corrected chi connectivity index (χ2v) is 6.63. The standard InChI is InChI=1S/C13H16BrNO2S/c1-13(2)10(6-11(13)16)15-12(17)8-5-7(18)3-4-9(8)14/h3-5,10-11,16,18H,6H2,1-2H3,(H,15,17). The number of rotatable bonds is 2. The van der Waals surface area contributed by atoms with E-state index in [1.807, 2.05) is 19.9 Å². The smallest absolute Gasteiger partial charge is 0.252 e. The first-order valence-electron chi connectivity index (χ1n) is 5.80. The van der Waals surface area contributed by atoms with Gasteiger partial charge >= 0.3 is 0 Å². The van der Waals surface area contributed by atoms with Crippen LogP contribution >= 0.6 is 28.6 Å². The number of aliphatic hydroxyl groups is 1. The lowest BCUT2D eigenvalue weighted by Crippen LogP contribution is -2.61. The molecule has 1 fully saturated rings. The molecule has 98 valence electrons. The van der Waals surface area contributed by atoms with Crippen molar-refractivity contribution in [2.45, 2.75) is 37.3 Å². The Morgan fingerprint density at radius 3 is 2.78 bits per heavy atom. The summed E-state index contributed by atoms with van der Waals surface area (Å²) in [5.41, 5.74) is 0.306. The van der Waals surface area contributed by atoms with E-state index in [-0.39, 0.29) is 23.5 Å². The largest absolute Gasteiger partial charge is 0.392 e. The van der Waals surface area contributed by atoms with Crippen LogP contribution in [0.5, 0.6) is 0 Å². The van der Waals surface area contributed by atoms with Gasteiger partial charge < -0.3 is 10.4 Å². The van der Waals surface area contributed by atoms with Gasteiger partial charge in [0, 0.05) is 20.8 Å². The number of hydrogen-bond donors (Lipinski definition) is 3. The van der Waals surface area contributed by atoms with Gasteiger partial charge in [-0.2, -0.15) is 0 Å². The average Bonchev–Trinajstić information content (AvgIpc) is 2.31. The van der Waals surface area contributed by atoms with Crippen molar-refractivity contribution in [2.75, 3.05) is 0 Å². The Hall–Kier alpha value is -0.520. The lowest BCUT2D eigenvalue weighted by molar-refractivity contribution is -0.0689. The molecule has 1 amide bonds. The topological polar surface area (TPSA) is 49.3 Å². The molecule has 1 aliphatic rings. The van der Waals surface area contributed by atoms with E-state index in [1.165, 1.54) is 0 Å². The third-order valence-electron chi connectivity index (χ3n) is 3.72. The van der Waals surface area contributed by atoms with Gasteiger partial charge in [-0.3, -0.25) is 4.79 Å². The van der Waals surface area contributed by atoms with E-state index in [9.17, 15) is 9.90 Å². The monoisotopic (exact) mass is 329 g/mol. The highest BCUT2D eigenvalue weighted by Gasteiger charge is 2.48. The van der Waals surface area contributed by atoms with Crippen LogP contribution in [0.3, 0.4) is 0 Å². The Labute approximate surface area is 121 Å². The highest BCUT2D eigenvalue weighted by atomic mass is 79.9. The van der Waals surface area contributed by atoms with Crippen LogP contribution < -0.4 is 5.32 Å². The van der Waals surface area contributed by atoms with Crippen molar-refractivity contribution in [1.29, 1.82) is 0 Å². The number of benzene rings is 1. The summed E-state index contributed by atoms with van der Waals surface area (Å²) in [4.78, 5) is 12.9. The van der Waals surface area contributed by atoms with Gasteiger partial charge in [0.1, 0.15) is 0 Å². The molecule has 1 aromatic carbocycles. The summed E-state index contributed by atoms with van der Waals surface area (Å²) in [5, 5.41) is 12.6. The molecule has 18 heavy (non-hydrogen) atoms. The highest BCUT2D eigenvalue weighted by Crippen LogP contribution is 2.40. The first kappa shape index (κ1) is 13.9. The summed E-state index contributed by atoms with van der Waals surface area (Å²) in [7, 11) is 0. The van der Waals surface area contributed by atoms with Crippen molar-refractivity contribution < 1.29 is 9.90 Å². The fraction of sp³-hybridized carbons (Fsp3) is 0.462. The molecule has 0 aromatic heterocycles. The third kappa shape index (κ3) is 2.44. The van der Waals surface area contributed by atoms with Crippen molar-refractivity contribution in [3.05, 3.63) is 28.2 Å². The molecule has 0 bridgehead atoms. The van der Waals surface area contributed by atoms with Crippen molar-refractivity contribution in [3.63, 3.8) is 0 Å². The number of hydrogen-bond acceptors (Lipinski definition) is 3. The number of carbonyl (C=O) groups excluding carboxylic acids is 1. The quantitative estimate of drug-likeness (QED) is 0.730. The van der Waals surface area contributed by atoms with Crippen LogP contribution in [0.1, 0.15) is 30.6 Å². The summed E-state index contributed by atoms with van der Waals surface area (Å²) in [6.45, 7) is 3.91. The zero-order chi connectivity index (χ0) is 13.5. The van der Waals surface area contributed by atoms with Crippen LogP contribution in [0.15, 0.2) is 27.6 Å². The first-order chi connectivity index (χ1) is 8.32. The van der Waals surface area contributed by atoms with Crippen LogP contribution in [0.4, 0.5) is 0 Å². The molecule has 0 saturated heterocycles. The van der Waals surface area contributed by atoms with Crippen LogP contribution in [0, 0.1) is 5.41 Å². The van der Waals surface area contributed by atoms with E-state index in [0.29, 0.717) is 12.0 Å². The molecule has 1 aliphatic carbocycles. The maximum atomic E-state index is 12.2. The number of carbonyl (C=O) groups is 1. The zero-order valence-corrected chi connectivity index (χ0v) is 12.8. The Kier molecular flexibility index (Phi) is 3.76. The molecular weight excluding hydrogens is 314 g/mol. The first-order valence-corrected chi connectivity index (χ1v) is 7.04. The van der Waals surface area contributed by atoms with Crippen molar-refractivity contribution in [3.8, 4) is 0 Å². The minimum absolute atomic E-state index is 0.00970. The van der Waals surface area contributed by atoms with Crippen molar-refractivity contribution in [1.82, 2.24) is 5.32 Å². The minimum Gasteiger partial charge on any atom is -0.392 e. The molecule has 1 aromatic rings. The lowest BCUT2D eigenvalue weighted by atomic mass is 9.64. The molecular formula is C13H16BrNO2S. The van der Waals surface area contributed by atoms with E-state index in [4.69, 9.17) is 0 Å². The summed E-state index contributed by atoms with van der Waals surface area (Å²) >= 11 is 7.59. The molecule has 0 radical (unpaired) electrons. The molecule has 2 atom stereocenters. The fourth-order valence-electron chi connectivity index (χ4n) is 2.07. The normalized spacial score (nSPS) is 25.4. The Bertz CT molecular complexity index is 490. The molecule has 0 heterocycles. The molecule has 1 saturated carbocycles. The van der Waals surface area contributed by atoms with E-state index in [0.717, 1.165) is 9.37 Å². The van der Waals surface area contributed by atoms with E-state index in [2.05, 4.69) is 33.9 Å². The molecule has 5 heteroatoms. The Morgan fingerprint density at radius 1 is 1.56 bits per heavy atom. The lowest BCUT2D eigenvalue weighted by Gasteiger charge is -2.49. The van der Waals surface area contributed by atoms with E-state index in [1.54, 1.807) is 12.1 Å². The number of amides is 1. The molecule has 2 rings (SSSR count). The minimum atomic E-state index is -0.345. The van der Waals surface area contributed by atoms with Crippen LogP contribution in [0.2, 0.25) is 0 Å². The SMILES string of the molecule is CC1(C)C(O)CC1NC(=O)c1cc(S)ccc1Br.